The molecule has 92 valence electrons. The molecule has 1 rings (SSSR count). The molecule has 0 aliphatic carbocycles. The van der Waals surface area contributed by atoms with Gasteiger partial charge in [-0.3, -0.25) is 14.9 Å². The number of carboxylic acid groups (broad SMARTS) is 1. The lowest BCUT2D eigenvalue weighted by atomic mass is 10.2. The van der Waals surface area contributed by atoms with E-state index in [9.17, 15) is 20.0 Å². The van der Waals surface area contributed by atoms with Crippen LogP contribution in [0.25, 0.3) is 0 Å². The fourth-order valence-electron chi connectivity index (χ4n) is 1.29. The number of phenolic OH excluding ortho intramolecular Hbond substituents is 1. The van der Waals surface area contributed by atoms with E-state index in [1.807, 2.05) is 0 Å². The van der Waals surface area contributed by atoms with Gasteiger partial charge in [0.1, 0.15) is 11.4 Å². The second kappa shape index (κ2) is 5.69. The lowest BCUT2D eigenvalue weighted by Gasteiger charge is -2.06. The predicted molar refractivity (Wildman–Crippen MR) is 60.1 cm³/mol. The molecule has 0 radical (unpaired) electrons. The van der Waals surface area contributed by atoms with Crippen LogP contribution in [-0.4, -0.2) is 27.7 Å². The standard InChI is InChI=1S/C10H12N2O5/c13-7-3-4-9(12(16)17)8(6-7)11-5-1-2-10(14)15/h3-4,6,11,13H,1-2,5H2,(H,14,15). The summed E-state index contributed by atoms with van der Waals surface area (Å²) in [6.07, 6.45) is 0.335. The lowest BCUT2D eigenvalue weighted by Crippen LogP contribution is -2.06. The van der Waals surface area contributed by atoms with Crippen molar-refractivity contribution in [1.29, 1.82) is 0 Å². The SMILES string of the molecule is O=C(O)CCCNc1cc(O)ccc1[N+](=O)[O-]. The van der Waals surface area contributed by atoms with Crippen LogP contribution >= 0.6 is 0 Å². The first kappa shape index (κ1) is 12.8. The average Bonchev–Trinajstić information content (AvgIpc) is 2.23. The number of anilines is 1. The average molecular weight is 240 g/mol. The van der Waals surface area contributed by atoms with Crippen LogP contribution in [0.4, 0.5) is 11.4 Å². The number of phenols is 1. The number of aliphatic carboxylic acids is 1. The van der Waals surface area contributed by atoms with Gasteiger partial charge in [-0.15, -0.1) is 0 Å². The number of nitrogens with zero attached hydrogens (tertiary/aromatic N) is 1. The number of rotatable bonds is 6. The summed E-state index contributed by atoms with van der Waals surface area (Å²) in [5, 5.41) is 31.0. The van der Waals surface area contributed by atoms with E-state index in [1.165, 1.54) is 18.2 Å². The smallest absolute Gasteiger partial charge is 0.303 e. The van der Waals surface area contributed by atoms with Crippen molar-refractivity contribution in [3.63, 3.8) is 0 Å². The molecule has 0 bridgehead atoms. The molecule has 0 unspecified atom stereocenters. The van der Waals surface area contributed by atoms with E-state index in [2.05, 4.69) is 5.32 Å². The van der Waals surface area contributed by atoms with E-state index in [0.717, 1.165) is 0 Å². The van der Waals surface area contributed by atoms with Crippen molar-refractivity contribution in [3.8, 4) is 5.75 Å². The largest absolute Gasteiger partial charge is 0.508 e. The van der Waals surface area contributed by atoms with Crippen LogP contribution in [0.1, 0.15) is 12.8 Å². The number of carboxylic acids is 1. The van der Waals surface area contributed by atoms with E-state index in [1.54, 1.807) is 0 Å². The van der Waals surface area contributed by atoms with Crippen LogP contribution in [0.2, 0.25) is 0 Å². The van der Waals surface area contributed by atoms with Gasteiger partial charge in [0.05, 0.1) is 4.92 Å². The molecule has 0 atom stereocenters. The molecule has 0 aromatic heterocycles. The fraction of sp³-hybridized carbons (Fsp3) is 0.300. The maximum absolute atomic E-state index is 10.7. The van der Waals surface area contributed by atoms with E-state index < -0.39 is 10.9 Å². The number of benzene rings is 1. The molecule has 17 heavy (non-hydrogen) atoms. The molecule has 7 nitrogen and oxygen atoms in total. The van der Waals surface area contributed by atoms with E-state index in [4.69, 9.17) is 5.11 Å². The van der Waals surface area contributed by atoms with Gasteiger partial charge in [-0.05, 0) is 12.5 Å². The summed E-state index contributed by atoms with van der Waals surface area (Å²) in [6, 6.07) is 3.65. The third-order valence-electron chi connectivity index (χ3n) is 2.06. The summed E-state index contributed by atoms with van der Waals surface area (Å²) < 4.78 is 0. The Morgan fingerprint density at radius 1 is 1.47 bits per heavy atom. The molecule has 0 spiro atoms. The maximum atomic E-state index is 10.7. The van der Waals surface area contributed by atoms with Crippen LogP contribution in [0.5, 0.6) is 5.75 Å². The van der Waals surface area contributed by atoms with Gasteiger partial charge in [-0.2, -0.15) is 0 Å². The van der Waals surface area contributed by atoms with Gasteiger partial charge in [0.2, 0.25) is 0 Å². The third-order valence-corrected chi connectivity index (χ3v) is 2.06. The van der Waals surface area contributed by atoms with E-state index in [-0.39, 0.29) is 30.1 Å². The lowest BCUT2D eigenvalue weighted by molar-refractivity contribution is -0.384. The summed E-state index contributed by atoms with van der Waals surface area (Å²) in [7, 11) is 0. The molecule has 0 amide bonds. The molecular formula is C10H12N2O5. The highest BCUT2D eigenvalue weighted by atomic mass is 16.6. The van der Waals surface area contributed by atoms with Crippen molar-refractivity contribution in [3.05, 3.63) is 28.3 Å². The molecule has 3 N–H and O–H groups in total. The van der Waals surface area contributed by atoms with Crippen molar-refractivity contribution in [1.82, 2.24) is 0 Å². The molecule has 7 heteroatoms. The van der Waals surface area contributed by atoms with Crippen LogP contribution < -0.4 is 5.32 Å². The molecule has 0 saturated heterocycles. The number of hydrogen-bond acceptors (Lipinski definition) is 5. The summed E-state index contributed by atoms with van der Waals surface area (Å²) in [4.78, 5) is 20.4. The molecule has 1 aromatic carbocycles. The predicted octanol–water partition coefficient (Wildman–Crippen LogP) is 1.58. The quantitative estimate of drug-likeness (QED) is 0.395. The maximum Gasteiger partial charge on any atom is 0.303 e. The minimum absolute atomic E-state index is 0.0143. The minimum atomic E-state index is -0.919. The van der Waals surface area contributed by atoms with Crippen molar-refractivity contribution in [2.75, 3.05) is 11.9 Å². The summed E-state index contributed by atoms with van der Waals surface area (Å²) in [5.74, 6) is -1.01. The second-order valence-electron chi connectivity index (χ2n) is 3.38. The first-order chi connectivity index (χ1) is 8.00. The van der Waals surface area contributed by atoms with Gasteiger partial charge in [-0.25, -0.2) is 0 Å². The number of nitro groups is 1. The number of nitro benzene ring substituents is 1. The third kappa shape index (κ3) is 3.98. The first-order valence-electron chi connectivity index (χ1n) is 4.94. The first-order valence-corrected chi connectivity index (χ1v) is 4.94. The zero-order valence-corrected chi connectivity index (χ0v) is 8.92. The number of carbonyl (C=O) groups is 1. The molecule has 0 heterocycles. The topological polar surface area (TPSA) is 113 Å². The Morgan fingerprint density at radius 3 is 2.76 bits per heavy atom. The van der Waals surface area contributed by atoms with Gasteiger partial charge >= 0.3 is 5.97 Å². The van der Waals surface area contributed by atoms with Gasteiger partial charge in [0.15, 0.2) is 0 Å². The Kier molecular flexibility index (Phi) is 4.27. The molecular weight excluding hydrogens is 228 g/mol. The minimum Gasteiger partial charge on any atom is -0.508 e. The Balaban J connectivity index is 2.65. The highest BCUT2D eigenvalue weighted by Crippen LogP contribution is 2.28. The van der Waals surface area contributed by atoms with Crippen LogP contribution in [-0.2, 0) is 4.79 Å². The van der Waals surface area contributed by atoms with Crippen LogP contribution in [0.15, 0.2) is 18.2 Å². The Hall–Kier alpha value is -2.31. The molecule has 0 aliphatic heterocycles. The second-order valence-corrected chi connectivity index (χ2v) is 3.38. The monoisotopic (exact) mass is 240 g/mol. The van der Waals surface area contributed by atoms with Crippen molar-refractivity contribution < 1.29 is 19.9 Å². The van der Waals surface area contributed by atoms with Crippen molar-refractivity contribution in [2.24, 2.45) is 0 Å². The van der Waals surface area contributed by atoms with Crippen molar-refractivity contribution in [2.45, 2.75) is 12.8 Å². The molecule has 1 aromatic rings. The highest BCUT2D eigenvalue weighted by Gasteiger charge is 2.13. The van der Waals surface area contributed by atoms with Crippen molar-refractivity contribution >= 4 is 17.3 Å². The number of hydrogen-bond donors (Lipinski definition) is 3. The zero-order chi connectivity index (χ0) is 12.8. The van der Waals surface area contributed by atoms with Crippen LogP contribution in [0, 0.1) is 10.1 Å². The summed E-state index contributed by atoms with van der Waals surface area (Å²) in [5.41, 5.74) is 0.0264. The normalized spacial score (nSPS) is 9.88. The Bertz CT molecular complexity index is 433. The number of aromatic hydroxyl groups is 1. The van der Waals surface area contributed by atoms with Gasteiger partial charge in [0.25, 0.3) is 5.69 Å². The highest BCUT2D eigenvalue weighted by molar-refractivity contribution is 5.67. The van der Waals surface area contributed by atoms with E-state index >= 15 is 0 Å². The van der Waals surface area contributed by atoms with Gasteiger partial charge < -0.3 is 15.5 Å². The Labute approximate surface area is 96.8 Å². The molecule has 0 aliphatic rings. The van der Waals surface area contributed by atoms with Crippen LogP contribution in [0.3, 0.4) is 0 Å². The summed E-state index contributed by atoms with van der Waals surface area (Å²) in [6.45, 7) is 0.288. The zero-order valence-electron chi connectivity index (χ0n) is 8.92. The number of nitrogens with one attached hydrogen (secondary N) is 1. The van der Waals surface area contributed by atoms with Gasteiger partial charge in [0, 0.05) is 25.1 Å². The summed E-state index contributed by atoms with van der Waals surface area (Å²) >= 11 is 0. The molecule has 0 fully saturated rings. The Morgan fingerprint density at radius 2 is 2.18 bits per heavy atom. The fourth-order valence-corrected chi connectivity index (χ4v) is 1.29. The van der Waals surface area contributed by atoms with Gasteiger partial charge in [-0.1, -0.05) is 0 Å². The van der Waals surface area contributed by atoms with E-state index in [0.29, 0.717) is 6.42 Å². The molecule has 0 saturated carbocycles.